The molecule has 1 fully saturated rings. The minimum Gasteiger partial charge on any atom is -0.306 e. The van der Waals surface area contributed by atoms with Crippen LogP contribution < -0.4 is 5.32 Å². The van der Waals surface area contributed by atoms with Crippen molar-refractivity contribution in [1.29, 1.82) is 0 Å². The van der Waals surface area contributed by atoms with E-state index in [4.69, 9.17) is 0 Å². The topological polar surface area (TPSA) is 12.0 Å². The predicted octanol–water partition coefficient (Wildman–Crippen LogP) is 4.37. The van der Waals surface area contributed by atoms with E-state index in [1.807, 2.05) is 11.3 Å². The van der Waals surface area contributed by atoms with E-state index < -0.39 is 0 Å². The van der Waals surface area contributed by atoms with Crippen LogP contribution in [0.1, 0.15) is 56.9 Å². The van der Waals surface area contributed by atoms with Crippen LogP contribution in [0.5, 0.6) is 0 Å². The van der Waals surface area contributed by atoms with Crippen molar-refractivity contribution >= 4 is 11.3 Å². The van der Waals surface area contributed by atoms with Gasteiger partial charge in [-0.15, -0.1) is 11.3 Å². The first-order valence-electron chi connectivity index (χ1n) is 6.60. The molecule has 1 aromatic rings. The summed E-state index contributed by atoms with van der Waals surface area (Å²) in [5.41, 5.74) is 0. The summed E-state index contributed by atoms with van der Waals surface area (Å²) in [6.07, 6.45) is 6.92. The maximum Gasteiger partial charge on any atom is 0.0414 e. The molecule has 2 heteroatoms. The molecule has 0 spiro atoms. The second kappa shape index (κ2) is 5.83. The zero-order valence-electron chi connectivity index (χ0n) is 10.4. The van der Waals surface area contributed by atoms with Gasteiger partial charge in [0.1, 0.15) is 0 Å². The maximum absolute atomic E-state index is 3.82. The molecule has 1 nitrogen and oxygen atoms in total. The molecular weight excluding hydrogens is 214 g/mol. The van der Waals surface area contributed by atoms with E-state index in [1.54, 1.807) is 0 Å². The predicted molar refractivity (Wildman–Crippen MR) is 71.9 cm³/mol. The first-order chi connectivity index (χ1) is 7.81. The zero-order chi connectivity index (χ0) is 11.4. The molecule has 1 aliphatic carbocycles. The van der Waals surface area contributed by atoms with Crippen molar-refractivity contribution in [1.82, 2.24) is 5.32 Å². The largest absolute Gasteiger partial charge is 0.306 e. The molecule has 2 atom stereocenters. The highest BCUT2D eigenvalue weighted by Crippen LogP contribution is 2.30. The van der Waals surface area contributed by atoms with Crippen LogP contribution in [0.25, 0.3) is 0 Å². The smallest absolute Gasteiger partial charge is 0.0414 e. The van der Waals surface area contributed by atoms with E-state index in [9.17, 15) is 0 Å². The van der Waals surface area contributed by atoms with E-state index >= 15 is 0 Å². The van der Waals surface area contributed by atoms with Gasteiger partial charge in [-0.3, -0.25) is 0 Å². The summed E-state index contributed by atoms with van der Waals surface area (Å²) in [7, 11) is 0. The molecule has 1 saturated carbocycles. The third kappa shape index (κ3) is 2.86. The van der Waals surface area contributed by atoms with Gasteiger partial charge in [0, 0.05) is 17.0 Å². The van der Waals surface area contributed by atoms with E-state index in [2.05, 4.69) is 36.7 Å². The molecule has 2 rings (SSSR count). The van der Waals surface area contributed by atoms with Crippen LogP contribution in [0.4, 0.5) is 0 Å². The molecule has 1 aromatic heterocycles. The van der Waals surface area contributed by atoms with E-state index in [0.29, 0.717) is 12.1 Å². The second-order valence-electron chi connectivity index (χ2n) is 4.98. The Labute approximate surface area is 103 Å². The summed E-state index contributed by atoms with van der Waals surface area (Å²) in [5, 5.41) is 6.00. The molecule has 0 radical (unpaired) electrons. The highest BCUT2D eigenvalue weighted by Gasteiger charge is 2.23. The zero-order valence-corrected chi connectivity index (χ0v) is 11.2. The van der Waals surface area contributed by atoms with Crippen LogP contribution in [0.3, 0.4) is 0 Å². The first kappa shape index (κ1) is 12.1. The molecule has 0 amide bonds. The lowest BCUT2D eigenvalue weighted by Crippen LogP contribution is -2.34. The van der Waals surface area contributed by atoms with Gasteiger partial charge in [-0.1, -0.05) is 25.8 Å². The van der Waals surface area contributed by atoms with Crippen molar-refractivity contribution < 1.29 is 0 Å². The van der Waals surface area contributed by atoms with Crippen molar-refractivity contribution in [3.05, 3.63) is 22.4 Å². The van der Waals surface area contributed by atoms with Crippen molar-refractivity contribution in [3.63, 3.8) is 0 Å². The van der Waals surface area contributed by atoms with Gasteiger partial charge in [-0.05, 0) is 43.6 Å². The summed E-state index contributed by atoms with van der Waals surface area (Å²) in [4.78, 5) is 1.49. The van der Waals surface area contributed by atoms with Gasteiger partial charge in [0.2, 0.25) is 0 Å². The Bertz CT molecular complexity index is 288. The summed E-state index contributed by atoms with van der Waals surface area (Å²) < 4.78 is 0. The Morgan fingerprint density at radius 3 is 2.75 bits per heavy atom. The van der Waals surface area contributed by atoms with Crippen LogP contribution in [0.15, 0.2) is 17.5 Å². The van der Waals surface area contributed by atoms with Crippen LogP contribution in [-0.2, 0) is 0 Å². The Morgan fingerprint density at radius 1 is 1.44 bits per heavy atom. The number of rotatable bonds is 5. The lowest BCUT2D eigenvalue weighted by molar-refractivity contribution is 0.341. The fraction of sp³-hybridized carbons (Fsp3) is 0.714. The van der Waals surface area contributed by atoms with Gasteiger partial charge in [0.25, 0.3) is 0 Å². The van der Waals surface area contributed by atoms with Gasteiger partial charge in [0.15, 0.2) is 0 Å². The molecule has 0 aliphatic heterocycles. The standard InChI is InChI=1S/C14H23NS/c1-3-13(14-9-6-10-16-14)15-11(2)12-7-4-5-8-12/h6,9-13,15H,3-5,7-8H2,1-2H3/t11-,13?/m0/s1. The molecule has 16 heavy (non-hydrogen) atoms. The average molecular weight is 237 g/mol. The number of hydrogen-bond acceptors (Lipinski definition) is 2. The summed E-state index contributed by atoms with van der Waals surface area (Å²) in [5.74, 6) is 0.911. The fourth-order valence-electron chi connectivity index (χ4n) is 2.80. The third-order valence-corrected chi connectivity index (χ3v) is 4.85. The molecule has 0 bridgehead atoms. The van der Waals surface area contributed by atoms with Gasteiger partial charge >= 0.3 is 0 Å². The highest BCUT2D eigenvalue weighted by atomic mass is 32.1. The number of hydrogen-bond donors (Lipinski definition) is 1. The SMILES string of the molecule is CCC(N[C@@H](C)C1CCCC1)c1cccs1. The van der Waals surface area contributed by atoms with Crippen molar-refractivity contribution in [2.45, 2.75) is 58.0 Å². The van der Waals surface area contributed by atoms with Crippen LogP contribution in [-0.4, -0.2) is 6.04 Å². The molecule has 1 N–H and O–H groups in total. The molecule has 1 unspecified atom stereocenters. The van der Waals surface area contributed by atoms with Crippen LogP contribution >= 0.6 is 11.3 Å². The molecule has 1 aliphatic rings. The van der Waals surface area contributed by atoms with Gasteiger partial charge in [0.05, 0.1) is 0 Å². The van der Waals surface area contributed by atoms with Crippen LogP contribution in [0, 0.1) is 5.92 Å². The van der Waals surface area contributed by atoms with Gasteiger partial charge < -0.3 is 5.32 Å². The van der Waals surface area contributed by atoms with Gasteiger partial charge in [-0.2, -0.15) is 0 Å². The first-order valence-corrected chi connectivity index (χ1v) is 7.48. The Balaban J connectivity index is 1.91. The van der Waals surface area contributed by atoms with Crippen molar-refractivity contribution in [2.24, 2.45) is 5.92 Å². The monoisotopic (exact) mass is 237 g/mol. The second-order valence-corrected chi connectivity index (χ2v) is 5.96. The van der Waals surface area contributed by atoms with Crippen LogP contribution in [0.2, 0.25) is 0 Å². The van der Waals surface area contributed by atoms with Gasteiger partial charge in [-0.25, -0.2) is 0 Å². The lowest BCUT2D eigenvalue weighted by atomic mass is 9.98. The Kier molecular flexibility index (Phi) is 4.42. The van der Waals surface area contributed by atoms with E-state index in [0.717, 1.165) is 5.92 Å². The summed E-state index contributed by atoms with van der Waals surface area (Å²) >= 11 is 1.88. The lowest BCUT2D eigenvalue weighted by Gasteiger charge is -2.26. The molecular formula is C14H23NS. The summed E-state index contributed by atoms with van der Waals surface area (Å²) in [6, 6.07) is 5.66. The van der Waals surface area contributed by atoms with E-state index in [1.165, 1.54) is 37.0 Å². The normalized spacial score (nSPS) is 21.1. The number of nitrogens with one attached hydrogen (secondary N) is 1. The Morgan fingerprint density at radius 2 is 2.19 bits per heavy atom. The average Bonchev–Trinajstić information content (AvgIpc) is 2.96. The maximum atomic E-state index is 3.82. The quantitative estimate of drug-likeness (QED) is 0.802. The Hall–Kier alpha value is -0.340. The minimum atomic E-state index is 0.565. The molecule has 1 heterocycles. The third-order valence-electron chi connectivity index (χ3n) is 3.87. The fourth-order valence-corrected chi connectivity index (χ4v) is 3.67. The summed E-state index contributed by atoms with van der Waals surface area (Å²) in [6.45, 7) is 4.64. The van der Waals surface area contributed by atoms with Crippen molar-refractivity contribution in [2.75, 3.05) is 0 Å². The highest BCUT2D eigenvalue weighted by molar-refractivity contribution is 7.10. The van der Waals surface area contributed by atoms with Crippen molar-refractivity contribution in [3.8, 4) is 0 Å². The minimum absolute atomic E-state index is 0.565. The molecule has 0 aromatic carbocycles. The molecule has 0 saturated heterocycles. The van der Waals surface area contributed by atoms with E-state index in [-0.39, 0.29) is 0 Å². The number of thiophene rings is 1. The molecule has 90 valence electrons.